The third-order valence-electron chi connectivity index (χ3n) is 1.90. The fourth-order valence-corrected chi connectivity index (χ4v) is 1.09. The number of carbonyl (C=O) groups excluding carboxylic acids is 2. The van der Waals surface area contributed by atoms with Crippen LogP contribution in [0.4, 0.5) is 0 Å². The molecule has 1 N–H and O–H groups in total. The Bertz CT molecular complexity index is 407. The summed E-state index contributed by atoms with van der Waals surface area (Å²) in [6.07, 6.45) is 2.64. The molecule has 0 aliphatic rings. The van der Waals surface area contributed by atoms with Gasteiger partial charge in [-0.1, -0.05) is 0 Å². The van der Waals surface area contributed by atoms with E-state index in [1.807, 2.05) is 0 Å². The van der Waals surface area contributed by atoms with Gasteiger partial charge in [0.25, 0.3) is 0 Å². The molecule has 0 radical (unpaired) electrons. The van der Waals surface area contributed by atoms with Crippen LogP contribution in [-0.2, 0) is 4.79 Å². The first-order valence-corrected chi connectivity index (χ1v) is 4.75. The molecule has 0 fully saturated rings. The van der Waals surface area contributed by atoms with Crippen LogP contribution in [-0.4, -0.2) is 18.8 Å². The lowest BCUT2D eigenvalue weighted by Gasteiger charge is -2.00. The van der Waals surface area contributed by atoms with Crippen molar-refractivity contribution in [1.82, 2.24) is 5.32 Å². The van der Waals surface area contributed by atoms with Gasteiger partial charge in [0.2, 0.25) is 5.91 Å². The molecule has 0 heterocycles. The number of ether oxygens (including phenoxy) is 1. The van der Waals surface area contributed by atoms with Crippen molar-refractivity contribution in [2.45, 2.75) is 6.92 Å². The van der Waals surface area contributed by atoms with Crippen molar-refractivity contribution in [3.63, 3.8) is 0 Å². The number of benzene rings is 1. The number of amides is 1. The van der Waals surface area contributed by atoms with E-state index in [0.717, 1.165) is 0 Å². The maximum atomic E-state index is 11.5. The molecular formula is C12H13NO3. The normalized spacial score (nSPS) is 10.1. The fraction of sp³-hybridized carbons (Fsp3) is 0.167. The summed E-state index contributed by atoms with van der Waals surface area (Å²) in [5.41, 5.74) is 0.544. The molecule has 0 aliphatic heterocycles. The molecular weight excluding hydrogens is 206 g/mol. The van der Waals surface area contributed by atoms with Gasteiger partial charge < -0.3 is 10.1 Å². The van der Waals surface area contributed by atoms with E-state index in [1.54, 1.807) is 31.4 Å². The standard InChI is InChI=1S/C12H13NO3/c1-9(14)13-8-7-12(15)10-3-5-11(16-2)6-4-10/h3-8H,1-2H3,(H,13,14)/b8-7-. The van der Waals surface area contributed by atoms with Gasteiger partial charge in [0.1, 0.15) is 5.75 Å². The van der Waals surface area contributed by atoms with E-state index in [2.05, 4.69) is 5.32 Å². The lowest BCUT2D eigenvalue weighted by Crippen LogP contribution is -2.12. The zero-order valence-electron chi connectivity index (χ0n) is 9.19. The fourth-order valence-electron chi connectivity index (χ4n) is 1.09. The van der Waals surface area contributed by atoms with Gasteiger partial charge >= 0.3 is 0 Å². The maximum Gasteiger partial charge on any atom is 0.220 e. The molecule has 1 aromatic rings. The number of nitrogens with one attached hydrogen (secondary N) is 1. The van der Waals surface area contributed by atoms with E-state index in [0.29, 0.717) is 11.3 Å². The SMILES string of the molecule is COc1ccc(C(=O)/C=C\NC(C)=O)cc1. The molecule has 0 aromatic heterocycles. The molecule has 0 unspecified atom stereocenters. The van der Waals surface area contributed by atoms with Gasteiger partial charge in [-0.05, 0) is 24.3 Å². The van der Waals surface area contributed by atoms with Crippen LogP contribution in [0.3, 0.4) is 0 Å². The molecule has 1 rings (SSSR count). The molecule has 0 aliphatic carbocycles. The van der Waals surface area contributed by atoms with Crippen LogP contribution in [0.15, 0.2) is 36.5 Å². The Balaban J connectivity index is 2.66. The Hall–Kier alpha value is -2.10. The van der Waals surface area contributed by atoms with Crippen LogP contribution in [0, 0.1) is 0 Å². The van der Waals surface area contributed by atoms with E-state index in [9.17, 15) is 9.59 Å². The lowest BCUT2D eigenvalue weighted by atomic mass is 10.1. The monoisotopic (exact) mass is 219 g/mol. The van der Waals surface area contributed by atoms with Crippen LogP contribution < -0.4 is 10.1 Å². The highest BCUT2D eigenvalue weighted by Crippen LogP contribution is 2.11. The first-order chi connectivity index (χ1) is 7.63. The van der Waals surface area contributed by atoms with Crippen molar-refractivity contribution in [2.75, 3.05) is 7.11 Å². The predicted octanol–water partition coefficient (Wildman–Crippen LogP) is 1.53. The molecule has 0 spiro atoms. The van der Waals surface area contributed by atoms with E-state index >= 15 is 0 Å². The number of hydrogen-bond acceptors (Lipinski definition) is 3. The molecule has 4 heteroatoms. The van der Waals surface area contributed by atoms with Crippen LogP contribution >= 0.6 is 0 Å². The smallest absolute Gasteiger partial charge is 0.220 e. The van der Waals surface area contributed by atoms with Gasteiger partial charge in [0.15, 0.2) is 5.78 Å². The van der Waals surface area contributed by atoms with E-state index in [-0.39, 0.29) is 11.7 Å². The molecule has 0 saturated heterocycles. The minimum Gasteiger partial charge on any atom is -0.497 e. The summed E-state index contributed by atoms with van der Waals surface area (Å²) in [6, 6.07) is 6.75. The van der Waals surface area contributed by atoms with Gasteiger partial charge in [0.05, 0.1) is 7.11 Å². The van der Waals surface area contributed by atoms with E-state index < -0.39 is 0 Å². The Kier molecular flexibility index (Phi) is 4.27. The predicted molar refractivity (Wildman–Crippen MR) is 60.3 cm³/mol. The van der Waals surface area contributed by atoms with Crippen molar-refractivity contribution in [3.8, 4) is 5.75 Å². The zero-order valence-corrected chi connectivity index (χ0v) is 9.19. The highest BCUT2D eigenvalue weighted by atomic mass is 16.5. The number of allylic oxidation sites excluding steroid dienone is 1. The summed E-state index contributed by atoms with van der Waals surface area (Å²) >= 11 is 0. The van der Waals surface area contributed by atoms with Crippen LogP contribution in [0.1, 0.15) is 17.3 Å². The van der Waals surface area contributed by atoms with Gasteiger partial charge in [0, 0.05) is 24.8 Å². The largest absolute Gasteiger partial charge is 0.497 e. The van der Waals surface area contributed by atoms with Gasteiger partial charge in [-0.25, -0.2) is 0 Å². The number of ketones is 1. The quantitative estimate of drug-likeness (QED) is 0.617. The summed E-state index contributed by atoms with van der Waals surface area (Å²) in [5, 5.41) is 2.40. The summed E-state index contributed by atoms with van der Waals surface area (Å²) in [4.78, 5) is 22.1. The Morgan fingerprint density at radius 2 is 1.88 bits per heavy atom. The van der Waals surface area contributed by atoms with Crippen LogP contribution in [0.25, 0.3) is 0 Å². The second-order valence-electron chi connectivity index (χ2n) is 3.13. The van der Waals surface area contributed by atoms with Crippen LogP contribution in [0.5, 0.6) is 5.75 Å². The number of methoxy groups -OCH3 is 1. The number of carbonyl (C=O) groups is 2. The summed E-state index contributed by atoms with van der Waals surface area (Å²) in [7, 11) is 1.56. The summed E-state index contributed by atoms with van der Waals surface area (Å²) < 4.78 is 4.98. The second kappa shape index (κ2) is 5.70. The average molecular weight is 219 g/mol. The van der Waals surface area contributed by atoms with E-state index in [1.165, 1.54) is 19.2 Å². The number of rotatable bonds is 4. The average Bonchev–Trinajstić information content (AvgIpc) is 2.28. The summed E-state index contributed by atoms with van der Waals surface area (Å²) in [5.74, 6) is 0.317. The molecule has 16 heavy (non-hydrogen) atoms. The van der Waals surface area contributed by atoms with Crippen molar-refractivity contribution >= 4 is 11.7 Å². The van der Waals surface area contributed by atoms with Gasteiger partial charge in [-0.15, -0.1) is 0 Å². The van der Waals surface area contributed by atoms with Crippen molar-refractivity contribution in [2.24, 2.45) is 0 Å². The Morgan fingerprint density at radius 1 is 1.25 bits per heavy atom. The lowest BCUT2D eigenvalue weighted by molar-refractivity contribution is -0.118. The summed E-state index contributed by atoms with van der Waals surface area (Å²) in [6.45, 7) is 1.38. The first-order valence-electron chi connectivity index (χ1n) is 4.75. The molecule has 1 aromatic carbocycles. The van der Waals surface area contributed by atoms with Crippen LogP contribution in [0.2, 0.25) is 0 Å². The van der Waals surface area contributed by atoms with Crippen molar-refractivity contribution in [3.05, 3.63) is 42.1 Å². The zero-order chi connectivity index (χ0) is 12.0. The molecule has 0 atom stereocenters. The molecule has 0 saturated carbocycles. The Morgan fingerprint density at radius 3 is 2.38 bits per heavy atom. The Labute approximate surface area is 93.9 Å². The molecule has 1 amide bonds. The third-order valence-corrected chi connectivity index (χ3v) is 1.90. The highest BCUT2D eigenvalue weighted by molar-refractivity contribution is 6.04. The topological polar surface area (TPSA) is 55.4 Å². The second-order valence-corrected chi connectivity index (χ2v) is 3.13. The molecule has 84 valence electrons. The minimum atomic E-state index is -0.209. The molecule has 0 bridgehead atoms. The van der Waals surface area contributed by atoms with Gasteiger partial charge in [-0.3, -0.25) is 9.59 Å². The third kappa shape index (κ3) is 3.57. The molecule has 4 nitrogen and oxygen atoms in total. The van der Waals surface area contributed by atoms with Crippen molar-refractivity contribution in [1.29, 1.82) is 0 Å². The van der Waals surface area contributed by atoms with Gasteiger partial charge in [-0.2, -0.15) is 0 Å². The first kappa shape index (κ1) is 12.0. The maximum absolute atomic E-state index is 11.5. The minimum absolute atomic E-state index is 0.170. The van der Waals surface area contributed by atoms with Crippen molar-refractivity contribution < 1.29 is 14.3 Å². The van der Waals surface area contributed by atoms with E-state index in [4.69, 9.17) is 4.74 Å². The number of hydrogen-bond donors (Lipinski definition) is 1. The highest BCUT2D eigenvalue weighted by Gasteiger charge is 2.01.